The number of methoxy groups -OCH3 is 1. The molecule has 4 rings (SSSR count). The molecule has 0 saturated carbocycles. The SMILES string of the molecule is COc1ccc(-n2c(N)c3c(cc2=O)C(=O)NC3=O)cc1CN1CCCC1=O. The summed E-state index contributed by atoms with van der Waals surface area (Å²) in [5.41, 5.74) is 6.63. The molecule has 0 aliphatic carbocycles. The Morgan fingerprint density at radius 2 is 1.93 bits per heavy atom. The second kappa shape index (κ2) is 6.52. The van der Waals surface area contributed by atoms with E-state index < -0.39 is 17.4 Å². The highest BCUT2D eigenvalue weighted by Crippen LogP contribution is 2.28. The van der Waals surface area contributed by atoms with Gasteiger partial charge in [0.15, 0.2) is 0 Å². The highest BCUT2D eigenvalue weighted by Gasteiger charge is 2.32. The van der Waals surface area contributed by atoms with E-state index in [2.05, 4.69) is 5.32 Å². The van der Waals surface area contributed by atoms with Crippen molar-refractivity contribution in [1.82, 2.24) is 14.8 Å². The van der Waals surface area contributed by atoms with Gasteiger partial charge < -0.3 is 15.4 Å². The van der Waals surface area contributed by atoms with E-state index in [0.717, 1.165) is 12.5 Å². The molecule has 2 aromatic rings. The van der Waals surface area contributed by atoms with E-state index >= 15 is 0 Å². The van der Waals surface area contributed by atoms with Gasteiger partial charge in [0.1, 0.15) is 11.6 Å². The van der Waals surface area contributed by atoms with Crippen molar-refractivity contribution in [3.05, 3.63) is 51.3 Å². The number of ether oxygens (including phenoxy) is 1. The zero-order valence-corrected chi connectivity index (χ0v) is 15.2. The van der Waals surface area contributed by atoms with Crippen LogP contribution in [0.5, 0.6) is 5.75 Å². The van der Waals surface area contributed by atoms with E-state index in [1.165, 1.54) is 11.7 Å². The van der Waals surface area contributed by atoms with E-state index in [4.69, 9.17) is 10.5 Å². The highest BCUT2D eigenvalue weighted by molar-refractivity contribution is 6.23. The standard InChI is InChI=1S/C19H18N4O5/c1-28-13-5-4-11(7-10(13)9-22-6-2-3-14(22)24)23-15(25)8-12-16(17(23)20)19(27)21-18(12)26/h4-5,7-8H,2-3,6,9,20H2,1H3,(H,21,26,27). The van der Waals surface area contributed by atoms with Gasteiger partial charge in [0.2, 0.25) is 5.91 Å². The number of hydrogen-bond donors (Lipinski definition) is 2. The zero-order chi connectivity index (χ0) is 20.0. The van der Waals surface area contributed by atoms with Crippen molar-refractivity contribution in [2.45, 2.75) is 19.4 Å². The largest absolute Gasteiger partial charge is 0.496 e. The fourth-order valence-electron chi connectivity index (χ4n) is 3.65. The minimum absolute atomic E-state index is 0.0170. The van der Waals surface area contributed by atoms with Crippen LogP contribution >= 0.6 is 0 Å². The molecule has 2 aliphatic rings. The first-order valence-corrected chi connectivity index (χ1v) is 8.77. The molecule has 3 amide bonds. The Bertz CT molecular complexity index is 1090. The summed E-state index contributed by atoms with van der Waals surface area (Å²) in [5.74, 6) is -0.748. The van der Waals surface area contributed by atoms with Gasteiger partial charge in [-0.25, -0.2) is 0 Å². The number of nitrogens with two attached hydrogens (primary N) is 1. The zero-order valence-electron chi connectivity index (χ0n) is 15.2. The van der Waals surface area contributed by atoms with E-state index in [9.17, 15) is 19.2 Å². The summed E-state index contributed by atoms with van der Waals surface area (Å²) in [6.07, 6.45) is 1.32. The number of imide groups is 1. The molecule has 28 heavy (non-hydrogen) atoms. The van der Waals surface area contributed by atoms with Crippen LogP contribution in [0.2, 0.25) is 0 Å². The summed E-state index contributed by atoms with van der Waals surface area (Å²) in [4.78, 5) is 50.1. The van der Waals surface area contributed by atoms with Gasteiger partial charge in [0.25, 0.3) is 17.4 Å². The number of pyridine rings is 1. The predicted molar refractivity (Wildman–Crippen MR) is 99.5 cm³/mol. The fourth-order valence-corrected chi connectivity index (χ4v) is 3.65. The molecule has 0 spiro atoms. The molecule has 1 saturated heterocycles. The number of nitrogen functional groups attached to an aromatic ring is 1. The summed E-state index contributed by atoms with van der Waals surface area (Å²) in [6, 6.07) is 6.10. The van der Waals surface area contributed by atoms with Crippen LogP contribution in [0.15, 0.2) is 29.1 Å². The van der Waals surface area contributed by atoms with Crippen molar-refractivity contribution in [2.75, 3.05) is 19.4 Å². The van der Waals surface area contributed by atoms with E-state index in [-0.39, 0.29) is 22.9 Å². The van der Waals surface area contributed by atoms with Gasteiger partial charge in [-0.2, -0.15) is 0 Å². The van der Waals surface area contributed by atoms with Crippen molar-refractivity contribution in [2.24, 2.45) is 0 Å². The third kappa shape index (κ3) is 2.72. The van der Waals surface area contributed by atoms with E-state index in [1.54, 1.807) is 23.1 Å². The molecule has 9 nitrogen and oxygen atoms in total. The van der Waals surface area contributed by atoms with Crippen LogP contribution < -0.4 is 21.3 Å². The number of carbonyl (C=O) groups is 3. The molecule has 3 heterocycles. The lowest BCUT2D eigenvalue weighted by Gasteiger charge is -2.19. The molecule has 1 fully saturated rings. The third-order valence-corrected chi connectivity index (χ3v) is 5.01. The molecule has 0 bridgehead atoms. The topological polar surface area (TPSA) is 124 Å². The van der Waals surface area contributed by atoms with Gasteiger partial charge in [0.05, 0.1) is 23.9 Å². The van der Waals surface area contributed by atoms with Crippen molar-refractivity contribution in [3.63, 3.8) is 0 Å². The molecule has 3 N–H and O–H groups in total. The molecule has 9 heteroatoms. The Balaban J connectivity index is 1.82. The summed E-state index contributed by atoms with van der Waals surface area (Å²) in [5, 5.41) is 2.14. The Morgan fingerprint density at radius 1 is 1.14 bits per heavy atom. The number of nitrogens with one attached hydrogen (secondary N) is 1. The highest BCUT2D eigenvalue weighted by atomic mass is 16.5. The summed E-state index contributed by atoms with van der Waals surface area (Å²) >= 11 is 0. The number of nitrogens with zero attached hydrogens (tertiary/aromatic N) is 2. The van der Waals surface area contributed by atoms with Gasteiger partial charge in [0, 0.05) is 31.1 Å². The Kier molecular flexibility index (Phi) is 4.14. The lowest BCUT2D eigenvalue weighted by atomic mass is 10.1. The molecular weight excluding hydrogens is 364 g/mol. The van der Waals surface area contributed by atoms with Crippen molar-refractivity contribution >= 4 is 23.5 Å². The van der Waals surface area contributed by atoms with Gasteiger partial charge in [-0.3, -0.25) is 29.1 Å². The maximum atomic E-state index is 12.6. The molecule has 0 atom stereocenters. The molecular formula is C19H18N4O5. The number of carbonyl (C=O) groups excluding carboxylic acids is 3. The van der Waals surface area contributed by atoms with Gasteiger partial charge in [-0.15, -0.1) is 0 Å². The molecule has 0 unspecified atom stereocenters. The molecule has 0 radical (unpaired) electrons. The van der Waals surface area contributed by atoms with Crippen molar-refractivity contribution in [3.8, 4) is 11.4 Å². The first kappa shape index (κ1) is 17.8. The lowest BCUT2D eigenvalue weighted by Crippen LogP contribution is -2.25. The van der Waals surface area contributed by atoms with Crippen molar-refractivity contribution < 1.29 is 19.1 Å². The summed E-state index contributed by atoms with van der Waals surface area (Å²) in [7, 11) is 1.52. The molecule has 2 aliphatic heterocycles. The molecule has 1 aromatic carbocycles. The van der Waals surface area contributed by atoms with Crippen LogP contribution in [0, 0.1) is 0 Å². The van der Waals surface area contributed by atoms with Gasteiger partial charge >= 0.3 is 0 Å². The van der Waals surface area contributed by atoms with Crippen LogP contribution in [-0.4, -0.2) is 40.8 Å². The average Bonchev–Trinajstić information content (AvgIpc) is 3.18. The normalized spacial score (nSPS) is 15.8. The van der Waals surface area contributed by atoms with Gasteiger partial charge in [-0.1, -0.05) is 0 Å². The quantitative estimate of drug-likeness (QED) is 0.740. The minimum Gasteiger partial charge on any atom is -0.496 e. The van der Waals surface area contributed by atoms with Crippen LogP contribution in [0.4, 0.5) is 5.82 Å². The van der Waals surface area contributed by atoms with Crippen LogP contribution in [0.3, 0.4) is 0 Å². The van der Waals surface area contributed by atoms with Crippen LogP contribution in [0.25, 0.3) is 5.69 Å². The average molecular weight is 382 g/mol. The number of likely N-dealkylation sites (tertiary alicyclic amines) is 1. The molecule has 144 valence electrons. The van der Waals surface area contributed by atoms with E-state index in [0.29, 0.717) is 36.5 Å². The smallest absolute Gasteiger partial charge is 0.262 e. The van der Waals surface area contributed by atoms with Crippen molar-refractivity contribution in [1.29, 1.82) is 0 Å². The number of hydrogen-bond acceptors (Lipinski definition) is 6. The number of fused-ring (bicyclic) bond motifs is 1. The number of rotatable bonds is 4. The Hall–Kier alpha value is -3.62. The Morgan fingerprint density at radius 3 is 2.61 bits per heavy atom. The number of aromatic nitrogens is 1. The maximum Gasteiger partial charge on any atom is 0.262 e. The number of benzene rings is 1. The van der Waals surface area contributed by atoms with E-state index in [1.807, 2.05) is 0 Å². The predicted octanol–water partition coefficient (Wildman–Crippen LogP) is 0.434. The van der Waals surface area contributed by atoms with Crippen LogP contribution in [0.1, 0.15) is 39.1 Å². The Labute approximate surface area is 159 Å². The van der Waals surface area contributed by atoms with Crippen LogP contribution in [-0.2, 0) is 11.3 Å². The third-order valence-electron chi connectivity index (χ3n) is 5.01. The van der Waals surface area contributed by atoms with Gasteiger partial charge in [-0.05, 0) is 24.6 Å². The maximum absolute atomic E-state index is 12.6. The second-order valence-electron chi connectivity index (χ2n) is 6.69. The number of anilines is 1. The monoisotopic (exact) mass is 382 g/mol. The minimum atomic E-state index is -0.640. The first-order valence-electron chi connectivity index (χ1n) is 8.77. The fraction of sp³-hybridized carbons (Fsp3) is 0.263. The summed E-state index contributed by atoms with van der Waals surface area (Å²) in [6.45, 7) is 1.00. The second-order valence-corrected chi connectivity index (χ2v) is 6.69. The first-order chi connectivity index (χ1) is 13.4. The molecule has 1 aromatic heterocycles. The summed E-state index contributed by atoms with van der Waals surface area (Å²) < 4.78 is 6.55. The lowest BCUT2D eigenvalue weighted by molar-refractivity contribution is -0.128. The number of amides is 3.